The lowest BCUT2D eigenvalue weighted by atomic mass is 9.93. The SMILES string of the molecule is CC(=O)O[C@@H](CCCI)[C@@H](C)Cc1ccccc1. The lowest BCUT2D eigenvalue weighted by molar-refractivity contribution is -0.149. The van der Waals surface area contributed by atoms with Gasteiger partial charge in [0.25, 0.3) is 0 Å². The van der Waals surface area contributed by atoms with Crippen molar-refractivity contribution in [3.05, 3.63) is 35.9 Å². The zero-order chi connectivity index (χ0) is 13.4. The Hall–Kier alpha value is -0.580. The predicted molar refractivity (Wildman–Crippen MR) is 83.0 cm³/mol. The molecule has 2 atom stereocenters. The van der Waals surface area contributed by atoms with Gasteiger partial charge in [-0.2, -0.15) is 0 Å². The highest BCUT2D eigenvalue weighted by atomic mass is 127. The summed E-state index contributed by atoms with van der Waals surface area (Å²) in [6.07, 6.45) is 3.05. The molecule has 0 aromatic heterocycles. The van der Waals surface area contributed by atoms with E-state index in [1.807, 2.05) is 18.2 Å². The summed E-state index contributed by atoms with van der Waals surface area (Å²) in [6, 6.07) is 10.4. The van der Waals surface area contributed by atoms with Crippen LogP contribution in [0.3, 0.4) is 0 Å². The van der Waals surface area contributed by atoms with Gasteiger partial charge < -0.3 is 4.74 Å². The van der Waals surface area contributed by atoms with Gasteiger partial charge in [0.15, 0.2) is 0 Å². The highest BCUT2D eigenvalue weighted by Gasteiger charge is 2.20. The average molecular weight is 360 g/mol. The molecule has 0 fully saturated rings. The minimum absolute atomic E-state index is 0.0393. The fraction of sp³-hybridized carbons (Fsp3) is 0.533. The van der Waals surface area contributed by atoms with Crippen molar-refractivity contribution in [3.8, 4) is 0 Å². The fourth-order valence-electron chi connectivity index (χ4n) is 2.07. The van der Waals surface area contributed by atoms with Crippen LogP contribution in [0.1, 0.15) is 32.3 Å². The largest absolute Gasteiger partial charge is 0.462 e. The first kappa shape index (κ1) is 15.5. The molecule has 0 N–H and O–H groups in total. The first-order chi connectivity index (χ1) is 8.63. The summed E-state index contributed by atoms with van der Waals surface area (Å²) in [4.78, 5) is 11.2. The average Bonchev–Trinajstić information content (AvgIpc) is 2.35. The maximum atomic E-state index is 11.2. The molecule has 3 heteroatoms. The van der Waals surface area contributed by atoms with Crippen LogP contribution in [-0.4, -0.2) is 16.5 Å². The van der Waals surface area contributed by atoms with Gasteiger partial charge in [0, 0.05) is 6.92 Å². The van der Waals surface area contributed by atoms with Gasteiger partial charge in [-0.15, -0.1) is 0 Å². The Labute approximate surface area is 123 Å². The van der Waals surface area contributed by atoms with Crippen molar-refractivity contribution >= 4 is 28.6 Å². The third-order valence-electron chi connectivity index (χ3n) is 2.97. The second kappa shape index (κ2) is 8.51. The normalized spacial score (nSPS) is 13.9. The molecule has 0 saturated carbocycles. The number of rotatable bonds is 7. The second-order valence-electron chi connectivity index (χ2n) is 4.65. The first-order valence-electron chi connectivity index (χ1n) is 6.40. The van der Waals surface area contributed by atoms with Gasteiger partial charge in [-0.25, -0.2) is 0 Å². The van der Waals surface area contributed by atoms with Crippen LogP contribution in [0, 0.1) is 5.92 Å². The van der Waals surface area contributed by atoms with Crippen LogP contribution >= 0.6 is 22.6 Å². The molecule has 1 rings (SSSR count). The van der Waals surface area contributed by atoms with E-state index in [0.29, 0.717) is 5.92 Å². The monoisotopic (exact) mass is 360 g/mol. The molecule has 0 aliphatic heterocycles. The third kappa shape index (κ3) is 5.85. The molecule has 0 heterocycles. The molecule has 0 aliphatic rings. The van der Waals surface area contributed by atoms with E-state index >= 15 is 0 Å². The van der Waals surface area contributed by atoms with Gasteiger partial charge in [0.2, 0.25) is 0 Å². The summed E-state index contributed by atoms with van der Waals surface area (Å²) in [5, 5.41) is 0. The molecule has 18 heavy (non-hydrogen) atoms. The Morgan fingerprint density at radius 1 is 1.33 bits per heavy atom. The molecule has 2 nitrogen and oxygen atoms in total. The van der Waals surface area contributed by atoms with Crippen molar-refractivity contribution in [1.82, 2.24) is 0 Å². The lowest BCUT2D eigenvalue weighted by Crippen LogP contribution is -2.26. The summed E-state index contributed by atoms with van der Waals surface area (Å²) >= 11 is 2.36. The number of halogens is 1. The minimum Gasteiger partial charge on any atom is -0.462 e. The smallest absolute Gasteiger partial charge is 0.302 e. The van der Waals surface area contributed by atoms with E-state index in [-0.39, 0.29) is 12.1 Å². The predicted octanol–water partition coefficient (Wildman–Crippen LogP) is 4.01. The Kier molecular flexibility index (Phi) is 7.32. The molecule has 0 bridgehead atoms. The van der Waals surface area contributed by atoms with Crippen LogP contribution in [0.5, 0.6) is 0 Å². The molecule has 0 amide bonds. The zero-order valence-electron chi connectivity index (χ0n) is 11.1. The molecular weight excluding hydrogens is 339 g/mol. The Balaban J connectivity index is 2.57. The van der Waals surface area contributed by atoms with Crippen molar-refractivity contribution in [2.75, 3.05) is 4.43 Å². The third-order valence-corrected chi connectivity index (χ3v) is 3.74. The van der Waals surface area contributed by atoms with Crippen LogP contribution in [0.15, 0.2) is 30.3 Å². The van der Waals surface area contributed by atoms with Gasteiger partial charge in [0.05, 0.1) is 0 Å². The molecular formula is C15H21IO2. The van der Waals surface area contributed by atoms with Crippen molar-refractivity contribution in [2.24, 2.45) is 5.92 Å². The fourth-order valence-corrected chi connectivity index (χ4v) is 2.51. The number of benzene rings is 1. The van der Waals surface area contributed by atoms with Crippen molar-refractivity contribution in [1.29, 1.82) is 0 Å². The zero-order valence-corrected chi connectivity index (χ0v) is 13.2. The van der Waals surface area contributed by atoms with E-state index in [4.69, 9.17) is 4.74 Å². The number of ether oxygens (including phenoxy) is 1. The van der Waals surface area contributed by atoms with Crippen LogP contribution < -0.4 is 0 Å². The lowest BCUT2D eigenvalue weighted by Gasteiger charge is -2.23. The Morgan fingerprint density at radius 3 is 2.56 bits per heavy atom. The molecule has 0 aliphatic carbocycles. The maximum Gasteiger partial charge on any atom is 0.302 e. The number of alkyl halides is 1. The maximum absolute atomic E-state index is 11.2. The first-order valence-corrected chi connectivity index (χ1v) is 7.93. The summed E-state index contributed by atoms with van der Waals surface area (Å²) in [5.74, 6) is 0.188. The van der Waals surface area contributed by atoms with Crippen LogP contribution in [-0.2, 0) is 16.0 Å². The summed E-state index contributed by atoms with van der Waals surface area (Å²) in [5.41, 5.74) is 1.30. The van der Waals surface area contributed by atoms with E-state index in [0.717, 1.165) is 23.7 Å². The van der Waals surface area contributed by atoms with E-state index in [1.54, 1.807) is 0 Å². The van der Waals surface area contributed by atoms with E-state index < -0.39 is 0 Å². The highest BCUT2D eigenvalue weighted by molar-refractivity contribution is 14.1. The van der Waals surface area contributed by atoms with Gasteiger partial charge in [-0.1, -0.05) is 59.8 Å². The summed E-state index contributed by atoms with van der Waals surface area (Å²) < 4.78 is 6.55. The standard InChI is InChI=1S/C15H21IO2/c1-12(11-14-7-4-3-5-8-14)15(9-6-10-16)18-13(2)17/h3-5,7-8,12,15H,6,9-11H2,1-2H3/t12-,15-/m0/s1. The topological polar surface area (TPSA) is 26.3 Å². The summed E-state index contributed by atoms with van der Waals surface area (Å²) in [7, 11) is 0. The summed E-state index contributed by atoms with van der Waals surface area (Å²) in [6.45, 7) is 3.65. The quantitative estimate of drug-likeness (QED) is 0.417. The van der Waals surface area contributed by atoms with Crippen molar-refractivity contribution < 1.29 is 9.53 Å². The van der Waals surface area contributed by atoms with Gasteiger partial charge >= 0.3 is 5.97 Å². The van der Waals surface area contributed by atoms with Crippen molar-refractivity contribution in [3.63, 3.8) is 0 Å². The second-order valence-corrected chi connectivity index (χ2v) is 5.72. The van der Waals surface area contributed by atoms with E-state index in [9.17, 15) is 4.79 Å². The molecule has 0 saturated heterocycles. The van der Waals surface area contributed by atoms with Crippen LogP contribution in [0.2, 0.25) is 0 Å². The number of esters is 1. The van der Waals surface area contributed by atoms with E-state index in [2.05, 4.69) is 41.6 Å². The molecule has 0 radical (unpaired) electrons. The number of hydrogen-bond donors (Lipinski definition) is 0. The Bertz CT molecular complexity index is 351. The molecule has 100 valence electrons. The van der Waals surface area contributed by atoms with E-state index in [1.165, 1.54) is 12.5 Å². The van der Waals surface area contributed by atoms with Gasteiger partial charge in [0.1, 0.15) is 6.10 Å². The van der Waals surface area contributed by atoms with Crippen LogP contribution in [0.4, 0.5) is 0 Å². The Morgan fingerprint density at radius 2 is 2.00 bits per heavy atom. The highest BCUT2D eigenvalue weighted by Crippen LogP contribution is 2.19. The molecule has 0 unspecified atom stereocenters. The molecule has 1 aromatic carbocycles. The van der Waals surface area contributed by atoms with Gasteiger partial charge in [-0.3, -0.25) is 4.79 Å². The van der Waals surface area contributed by atoms with Gasteiger partial charge in [-0.05, 0) is 35.2 Å². The van der Waals surface area contributed by atoms with Crippen LogP contribution in [0.25, 0.3) is 0 Å². The molecule has 1 aromatic rings. The number of carbonyl (C=O) groups is 1. The number of hydrogen-bond acceptors (Lipinski definition) is 2. The minimum atomic E-state index is -0.173. The number of carbonyl (C=O) groups excluding carboxylic acids is 1. The molecule has 0 spiro atoms. The van der Waals surface area contributed by atoms with Crippen molar-refractivity contribution in [2.45, 2.75) is 39.2 Å².